The van der Waals surface area contributed by atoms with E-state index in [1.807, 2.05) is 30.3 Å². The van der Waals surface area contributed by atoms with Crippen molar-refractivity contribution in [2.24, 2.45) is 11.8 Å². The van der Waals surface area contributed by atoms with Crippen molar-refractivity contribution in [3.8, 4) is 0 Å². The van der Waals surface area contributed by atoms with Gasteiger partial charge in [0.2, 0.25) is 11.8 Å². The van der Waals surface area contributed by atoms with Crippen LogP contribution < -0.4 is 10.2 Å². The molecular weight excluding hydrogens is 488 g/mol. The molecule has 0 radical (unpaired) electrons. The number of carbonyl (C=O) groups excluding carboxylic acids is 3. The summed E-state index contributed by atoms with van der Waals surface area (Å²) in [6.07, 6.45) is 1.28. The third-order valence-electron chi connectivity index (χ3n) is 5.33. The minimum atomic E-state index is -0.285. The number of carbonyl (C=O) groups is 3. The van der Waals surface area contributed by atoms with Gasteiger partial charge in [-0.3, -0.25) is 19.3 Å². The average Bonchev–Trinajstić information content (AvgIpc) is 2.93. The summed E-state index contributed by atoms with van der Waals surface area (Å²) in [5, 5.41) is 2.82. The first-order chi connectivity index (χ1) is 13.5. The molecule has 5 nitrogen and oxygen atoms in total. The Morgan fingerprint density at radius 1 is 0.857 bits per heavy atom. The number of hydrogen-bond donors (Lipinski definition) is 1. The van der Waals surface area contributed by atoms with Crippen LogP contribution in [0.4, 0.5) is 11.4 Å². The van der Waals surface area contributed by atoms with Gasteiger partial charge in [-0.1, -0.05) is 50.1 Å². The van der Waals surface area contributed by atoms with E-state index in [1.54, 1.807) is 24.3 Å². The number of nitrogens with one attached hydrogen (secondary N) is 1. The number of rotatable bonds is 3. The molecular formula is C21H18Br2N2O3. The predicted octanol–water partition coefficient (Wildman–Crippen LogP) is 4.37. The van der Waals surface area contributed by atoms with Crippen LogP contribution in [0.25, 0.3) is 0 Å². The largest absolute Gasteiger partial charge is 0.322 e. The smallest absolute Gasteiger partial charge is 0.255 e. The SMILES string of the molecule is O=C(Nc1ccccc1)c1ccc(N2C(=O)[C@@H]3C[C@H](Br)[C@@H](Br)C[C@H]3C2=O)cc1. The number of para-hydroxylation sites is 1. The van der Waals surface area contributed by atoms with Crippen molar-refractivity contribution >= 4 is 61.0 Å². The molecule has 1 saturated heterocycles. The normalized spacial score (nSPS) is 26.9. The standard InChI is InChI=1S/C21H18Br2N2O3/c22-17-10-15-16(11-18(17)23)21(28)25(20(15)27)14-8-6-12(7-9-14)19(26)24-13-4-2-1-3-5-13/h1-9,15-18H,10-11H2,(H,24,26)/t15-,16-,17+,18+/m1/s1. The lowest BCUT2D eigenvalue weighted by Crippen LogP contribution is -2.34. The van der Waals surface area contributed by atoms with Crippen LogP contribution in [0.1, 0.15) is 23.2 Å². The first-order valence-electron chi connectivity index (χ1n) is 9.08. The first-order valence-corrected chi connectivity index (χ1v) is 10.9. The van der Waals surface area contributed by atoms with Crippen LogP contribution in [0.5, 0.6) is 0 Å². The van der Waals surface area contributed by atoms with E-state index in [0.717, 1.165) is 0 Å². The van der Waals surface area contributed by atoms with Crippen LogP contribution in [0.3, 0.4) is 0 Å². The van der Waals surface area contributed by atoms with Crippen molar-refractivity contribution < 1.29 is 14.4 Å². The summed E-state index contributed by atoms with van der Waals surface area (Å²) < 4.78 is 0. The van der Waals surface area contributed by atoms with E-state index < -0.39 is 0 Å². The molecule has 28 heavy (non-hydrogen) atoms. The van der Waals surface area contributed by atoms with Gasteiger partial charge in [0.15, 0.2) is 0 Å². The van der Waals surface area contributed by atoms with Gasteiger partial charge in [-0.05, 0) is 49.2 Å². The predicted molar refractivity (Wildman–Crippen MR) is 115 cm³/mol. The lowest BCUT2D eigenvalue weighted by atomic mass is 9.81. The Morgan fingerprint density at radius 3 is 1.93 bits per heavy atom. The van der Waals surface area contributed by atoms with E-state index in [9.17, 15) is 14.4 Å². The maximum Gasteiger partial charge on any atom is 0.255 e. The third kappa shape index (κ3) is 3.53. The van der Waals surface area contributed by atoms with Gasteiger partial charge in [0.1, 0.15) is 0 Å². The maximum absolute atomic E-state index is 12.9. The van der Waals surface area contributed by atoms with Crippen LogP contribution in [0.15, 0.2) is 54.6 Å². The van der Waals surface area contributed by atoms with Crippen LogP contribution in [-0.2, 0) is 9.59 Å². The summed E-state index contributed by atoms with van der Waals surface area (Å²) in [7, 11) is 0. The first kappa shape index (κ1) is 19.3. The quantitative estimate of drug-likeness (QED) is 0.497. The van der Waals surface area contributed by atoms with Gasteiger partial charge in [0.05, 0.1) is 17.5 Å². The molecule has 0 aromatic heterocycles. The Balaban J connectivity index is 1.52. The van der Waals surface area contributed by atoms with Crippen molar-refractivity contribution in [1.82, 2.24) is 0 Å². The number of fused-ring (bicyclic) bond motifs is 1. The van der Waals surface area contributed by atoms with Crippen molar-refractivity contribution in [3.63, 3.8) is 0 Å². The van der Waals surface area contributed by atoms with E-state index in [2.05, 4.69) is 37.2 Å². The van der Waals surface area contributed by atoms with Gasteiger partial charge in [0.25, 0.3) is 5.91 Å². The Morgan fingerprint density at radius 2 is 1.39 bits per heavy atom. The van der Waals surface area contributed by atoms with Crippen LogP contribution in [0.2, 0.25) is 0 Å². The second kappa shape index (κ2) is 7.79. The number of anilines is 2. The number of alkyl halides is 2. The number of imide groups is 1. The van der Waals surface area contributed by atoms with Gasteiger partial charge >= 0.3 is 0 Å². The van der Waals surface area contributed by atoms with Crippen molar-refractivity contribution in [1.29, 1.82) is 0 Å². The summed E-state index contributed by atoms with van der Waals surface area (Å²) in [5.74, 6) is -1.12. The molecule has 4 atom stereocenters. The molecule has 0 unspecified atom stereocenters. The molecule has 2 fully saturated rings. The molecule has 0 spiro atoms. The summed E-state index contributed by atoms with van der Waals surface area (Å²) in [5.41, 5.74) is 1.68. The highest BCUT2D eigenvalue weighted by atomic mass is 79.9. The van der Waals surface area contributed by atoms with Crippen molar-refractivity contribution in [2.45, 2.75) is 22.5 Å². The van der Waals surface area contributed by atoms with Gasteiger partial charge in [-0.15, -0.1) is 0 Å². The Kier molecular flexibility index (Phi) is 5.38. The monoisotopic (exact) mass is 504 g/mol. The topological polar surface area (TPSA) is 66.5 Å². The molecule has 1 aliphatic carbocycles. The minimum absolute atomic E-state index is 0.152. The fourth-order valence-electron chi connectivity index (χ4n) is 3.84. The highest BCUT2D eigenvalue weighted by molar-refractivity contribution is 9.12. The van der Waals surface area contributed by atoms with E-state index in [-0.39, 0.29) is 39.2 Å². The number of halogens is 2. The number of amides is 3. The van der Waals surface area contributed by atoms with Crippen LogP contribution in [0, 0.1) is 11.8 Å². The second-order valence-corrected chi connectivity index (χ2v) is 9.45. The lowest BCUT2D eigenvalue weighted by Gasteiger charge is -2.29. The molecule has 2 aromatic carbocycles. The molecule has 2 aliphatic rings. The van der Waals surface area contributed by atoms with Crippen molar-refractivity contribution in [2.75, 3.05) is 10.2 Å². The van der Waals surface area contributed by atoms with Crippen LogP contribution >= 0.6 is 31.9 Å². The molecule has 1 N–H and O–H groups in total. The highest BCUT2D eigenvalue weighted by Crippen LogP contribution is 2.44. The molecule has 1 aliphatic heterocycles. The molecule has 0 bridgehead atoms. The average molecular weight is 506 g/mol. The number of nitrogens with zero attached hydrogens (tertiary/aromatic N) is 1. The highest BCUT2D eigenvalue weighted by Gasteiger charge is 2.52. The number of hydrogen-bond acceptors (Lipinski definition) is 3. The molecule has 4 rings (SSSR count). The summed E-state index contributed by atoms with van der Waals surface area (Å²) in [6.45, 7) is 0. The van der Waals surface area contributed by atoms with E-state index in [1.165, 1.54) is 4.90 Å². The summed E-state index contributed by atoms with van der Waals surface area (Å²) in [4.78, 5) is 39.7. The minimum Gasteiger partial charge on any atom is -0.322 e. The summed E-state index contributed by atoms with van der Waals surface area (Å²) in [6, 6.07) is 15.8. The molecule has 3 amide bonds. The second-order valence-electron chi connectivity index (χ2n) is 7.10. The zero-order valence-electron chi connectivity index (χ0n) is 14.8. The maximum atomic E-state index is 12.9. The van der Waals surface area contributed by atoms with E-state index in [4.69, 9.17) is 0 Å². The van der Waals surface area contributed by atoms with E-state index in [0.29, 0.717) is 29.8 Å². The molecule has 2 aromatic rings. The zero-order valence-corrected chi connectivity index (χ0v) is 18.0. The molecule has 1 heterocycles. The third-order valence-corrected chi connectivity index (χ3v) is 8.06. The fourth-order valence-corrected chi connectivity index (χ4v) is 5.07. The van der Waals surface area contributed by atoms with E-state index >= 15 is 0 Å². The van der Waals surface area contributed by atoms with Gasteiger partial charge < -0.3 is 5.32 Å². The molecule has 144 valence electrons. The number of benzene rings is 2. The zero-order chi connectivity index (χ0) is 19.8. The van der Waals surface area contributed by atoms with Gasteiger partial charge in [-0.25, -0.2) is 0 Å². The van der Waals surface area contributed by atoms with Gasteiger partial charge in [-0.2, -0.15) is 0 Å². The molecule has 1 saturated carbocycles. The Bertz CT molecular complexity index is 889. The lowest BCUT2D eigenvalue weighted by molar-refractivity contribution is -0.122. The Labute approximate surface area is 179 Å². The fraction of sp³-hybridized carbons (Fsp3) is 0.286. The van der Waals surface area contributed by atoms with Crippen molar-refractivity contribution in [3.05, 3.63) is 60.2 Å². The molecule has 7 heteroatoms. The van der Waals surface area contributed by atoms with Crippen LogP contribution in [-0.4, -0.2) is 27.4 Å². The van der Waals surface area contributed by atoms with Gasteiger partial charge in [0, 0.05) is 20.9 Å². The summed E-state index contributed by atoms with van der Waals surface area (Å²) >= 11 is 7.19. The Hall–Kier alpha value is -1.99.